The van der Waals surface area contributed by atoms with Crippen LogP contribution in [0.3, 0.4) is 0 Å². The molecule has 7 nitrogen and oxygen atoms in total. The van der Waals surface area contributed by atoms with Crippen LogP contribution in [0.25, 0.3) is 10.9 Å². The molecule has 0 spiro atoms. The third-order valence-corrected chi connectivity index (χ3v) is 6.59. The highest BCUT2D eigenvalue weighted by Gasteiger charge is 2.41. The number of pyridine rings is 1. The van der Waals surface area contributed by atoms with Crippen molar-refractivity contribution in [1.82, 2.24) is 19.8 Å². The van der Waals surface area contributed by atoms with Gasteiger partial charge in [-0.2, -0.15) is 13.2 Å². The number of ether oxygens (including phenoxy) is 2. The van der Waals surface area contributed by atoms with Gasteiger partial charge in [-0.05, 0) is 38.7 Å². The summed E-state index contributed by atoms with van der Waals surface area (Å²) in [4.78, 5) is 19.9. The van der Waals surface area contributed by atoms with Crippen LogP contribution in [-0.4, -0.2) is 65.9 Å². The normalized spacial score (nSPS) is 20.0. The molecule has 0 aromatic carbocycles. The Balaban J connectivity index is 1.75. The first-order valence-corrected chi connectivity index (χ1v) is 12.0. The molecule has 2 aliphatic rings. The minimum atomic E-state index is -4.48. The molecular weight excluding hydrogens is 449 g/mol. The maximum absolute atomic E-state index is 13.9. The van der Waals surface area contributed by atoms with Gasteiger partial charge in [-0.1, -0.05) is 6.92 Å². The van der Waals surface area contributed by atoms with Gasteiger partial charge in [0.2, 0.25) is 0 Å². The van der Waals surface area contributed by atoms with E-state index in [1.54, 1.807) is 17.7 Å². The van der Waals surface area contributed by atoms with Crippen molar-refractivity contribution >= 4 is 16.8 Å². The van der Waals surface area contributed by atoms with Crippen LogP contribution in [0.15, 0.2) is 12.3 Å². The molecule has 1 saturated heterocycles. The summed E-state index contributed by atoms with van der Waals surface area (Å²) >= 11 is 0. The molecule has 10 heteroatoms. The molecule has 0 unspecified atom stereocenters. The molecule has 1 saturated carbocycles. The zero-order valence-corrected chi connectivity index (χ0v) is 20.0. The first kappa shape index (κ1) is 24.9. The second-order valence-electron chi connectivity index (χ2n) is 9.04. The molecule has 2 fully saturated rings. The topological polar surface area (TPSA) is 68.6 Å². The van der Waals surface area contributed by atoms with E-state index in [0.29, 0.717) is 62.6 Å². The van der Waals surface area contributed by atoms with Crippen LogP contribution in [0.1, 0.15) is 56.1 Å². The summed E-state index contributed by atoms with van der Waals surface area (Å²) in [5.74, 6) is -0.0893. The van der Waals surface area contributed by atoms with E-state index in [0.717, 1.165) is 12.8 Å². The predicted molar refractivity (Wildman–Crippen MR) is 121 cm³/mol. The number of nitrogens with one attached hydrogen (secondary N) is 1. The van der Waals surface area contributed by atoms with E-state index in [9.17, 15) is 18.0 Å². The average molecular weight is 483 g/mol. The molecule has 188 valence electrons. The molecule has 3 heterocycles. The minimum absolute atomic E-state index is 0.0893. The third-order valence-electron chi connectivity index (χ3n) is 6.59. The highest BCUT2D eigenvalue weighted by atomic mass is 19.4. The Morgan fingerprint density at radius 1 is 1.41 bits per heavy atom. The number of nitrogens with zero attached hydrogens (tertiary/aromatic N) is 3. The Morgan fingerprint density at radius 2 is 2.18 bits per heavy atom. The molecule has 0 radical (unpaired) electrons. The molecule has 1 amide bonds. The second-order valence-corrected chi connectivity index (χ2v) is 9.04. The Bertz CT molecular complexity index is 1010. The van der Waals surface area contributed by atoms with Gasteiger partial charge < -0.3 is 24.3 Å². The Kier molecular flexibility index (Phi) is 7.49. The van der Waals surface area contributed by atoms with Crippen molar-refractivity contribution in [3.63, 3.8) is 0 Å². The lowest BCUT2D eigenvalue weighted by Gasteiger charge is -2.34. The van der Waals surface area contributed by atoms with Gasteiger partial charge in [-0.25, -0.2) is 0 Å². The second kappa shape index (κ2) is 10.2. The number of aryl methyl sites for hydroxylation is 2. The number of aromatic nitrogens is 2. The lowest BCUT2D eigenvalue weighted by atomic mass is 10.1. The van der Waals surface area contributed by atoms with Crippen LogP contribution >= 0.6 is 0 Å². The average Bonchev–Trinajstić information content (AvgIpc) is 3.58. The predicted octanol–water partition coefficient (Wildman–Crippen LogP) is 3.69. The summed E-state index contributed by atoms with van der Waals surface area (Å²) in [5, 5.41) is 3.34. The summed E-state index contributed by atoms with van der Waals surface area (Å²) in [6, 6.07) is 1.45. The SMILES string of the molecule is CCc1nc([C@H](C)N(C(=O)[C@H]2CNCCO2)C2CC2)cc2c1c(C(F)(F)F)cn2CCCOC. The molecule has 0 bridgehead atoms. The standard InChI is InChI=1S/C24H33F3N4O3/c1-4-18-22-17(24(25,26)27)14-30(9-5-10-33-3)20(22)12-19(29-18)15(2)31(16-6-7-16)23(32)21-13-28-8-11-34-21/h12,14-16,21,28H,4-11,13H2,1-3H3/t15-,21+/m0/s1. The van der Waals surface area contributed by atoms with Crippen molar-refractivity contribution in [3.05, 3.63) is 29.2 Å². The van der Waals surface area contributed by atoms with Gasteiger partial charge in [0, 0.05) is 51.0 Å². The number of fused-ring (bicyclic) bond motifs is 1. The Morgan fingerprint density at radius 3 is 2.76 bits per heavy atom. The van der Waals surface area contributed by atoms with Gasteiger partial charge in [0.05, 0.1) is 35.1 Å². The fraction of sp³-hybridized carbons (Fsp3) is 0.667. The van der Waals surface area contributed by atoms with E-state index in [4.69, 9.17) is 9.47 Å². The van der Waals surface area contributed by atoms with Crippen molar-refractivity contribution < 1.29 is 27.4 Å². The van der Waals surface area contributed by atoms with Crippen LogP contribution in [0.2, 0.25) is 0 Å². The zero-order valence-electron chi connectivity index (χ0n) is 20.0. The number of alkyl halides is 3. The maximum atomic E-state index is 13.9. The molecule has 4 rings (SSSR count). The van der Waals surface area contributed by atoms with Crippen LogP contribution in [0.5, 0.6) is 0 Å². The van der Waals surface area contributed by atoms with Crippen molar-refractivity contribution in [1.29, 1.82) is 0 Å². The molecule has 1 aliphatic carbocycles. The number of hydrogen-bond donors (Lipinski definition) is 1. The number of amides is 1. The van der Waals surface area contributed by atoms with E-state index in [2.05, 4.69) is 10.3 Å². The van der Waals surface area contributed by atoms with E-state index in [1.807, 2.05) is 18.7 Å². The van der Waals surface area contributed by atoms with Crippen molar-refractivity contribution in [2.45, 2.75) is 70.4 Å². The molecule has 2 aromatic rings. The summed E-state index contributed by atoms with van der Waals surface area (Å²) in [5.41, 5.74) is 0.834. The largest absolute Gasteiger partial charge is 0.418 e. The summed E-state index contributed by atoms with van der Waals surface area (Å²) in [7, 11) is 1.57. The number of rotatable bonds is 9. The van der Waals surface area contributed by atoms with Gasteiger partial charge in [0.15, 0.2) is 0 Å². The molecule has 2 atom stereocenters. The quantitative estimate of drug-likeness (QED) is 0.552. The first-order chi connectivity index (χ1) is 16.3. The number of morpholine rings is 1. The number of carbonyl (C=O) groups excluding carboxylic acids is 1. The molecule has 34 heavy (non-hydrogen) atoms. The molecule has 2 aromatic heterocycles. The van der Waals surface area contributed by atoms with Gasteiger partial charge in [-0.15, -0.1) is 0 Å². The van der Waals surface area contributed by atoms with E-state index < -0.39 is 17.8 Å². The number of halogens is 3. The number of methoxy groups -OCH3 is 1. The summed E-state index contributed by atoms with van der Waals surface area (Å²) in [6.45, 7) is 6.21. The molecule has 1 aliphatic heterocycles. The summed E-state index contributed by atoms with van der Waals surface area (Å²) in [6.07, 6.45) is -1.09. The molecule has 1 N–H and O–H groups in total. The fourth-order valence-electron chi connectivity index (χ4n) is 4.74. The summed E-state index contributed by atoms with van der Waals surface area (Å²) < 4.78 is 54.2. The maximum Gasteiger partial charge on any atom is 0.418 e. The van der Waals surface area contributed by atoms with Crippen molar-refractivity contribution in [2.75, 3.05) is 33.4 Å². The van der Waals surface area contributed by atoms with E-state index in [1.165, 1.54) is 6.20 Å². The van der Waals surface area contributed by atoms with Crippen LogP contribution in [0.4, 0.5) is 13.2 Å². The minimum Gasteiger partial charge on any atom is -0.385 e. The van der Waals surface area contributed by atoms with Crippen LogP contribution in [0, 0.1) is 0 Å². The van der Waals surface area contributed by atoms with Crippen LogP contribution in [-0.2, 0) is 33.4 Å². The lowest BCUT2D eigenvalue weighted by Crippen LogP contribution is -2.50. The first-order valence-electron chi connectivity index (χ1n) is 12.0. The third kappa shape index (κ3) is 5.08. The zero-order chi connectivity index (χ0) is 24.5. The van der Waals surface area contributed by atoms with E-state index >= 15 is 0 Å². The van der Waals surface area contributed by atoms with Crippen LogP contribution < -0.4 is 5.32 Å². The van der Waals surface area contributed by atoms with Gasteiger partial charge in [-0.3, -0.25) is 9.78 Å². The highest BCUT2D eigenvalue weighted by Crippen LogP contribution is 2.40. The number of hydrogen-bond acceptors (Lipinski definition) is 5. The van der Waals surface area contributed by atoms with Crippen molar-refractivity contribution in [2.24, 2.45) is 0 Å². The Hall–Kier alpha value is -2.17. The lowest BCUT2D eigenvalue weighted by molar-refractivity contribution is -0.148. The van der Waals surface area contributed by atoms with Crippen molar-refractivity contribution in [3.8, 4) is 0 Å². The van der Waals surface area contributed by atoms with Gasteiger partial charge >= 0.3 is 6.18 Å². The fourth-order valence-corrected chi connectivity index (χ4v) is 4.74. The monoisotopic (exact) mass is 482 g/mol. The smallest absolute Gasteiger partial charge is 0.385 e. The van der Waals surface area contributed by atoms with Gasteiger partial charge in [0.1, 0.15) is 6.10 Å². The van der Waals surface area contributed by atoms with E-state index in [-0.39, 0.29) is 23.4 Å². The Labute approximate surface area is 197 Å². The molecular formula is C24H33F3N4O3. The highest BCUT2D eigenvalue weighted by molar-refractivity contribution is 5.88. The number of carbonyl (C=O) groups is 1. The van der Waals surface area contributed by atoms with Gasteiger partial charge in [0.25, 0.3) is 5.91 Å².